The van der Waals surface area contributed by atoms with Crippen molar-refractivity contribution in [1.29, 1.82) is 0 Å². The third kappa shape index (κ3) is 9.06. The molecule has 0 amide bonds. The van der Waals surface area contributed by atoms with Crippen LogP contribution < -0.4 is 9.47 Å². The third-order valence-corrected chi connectivity index (χ3v) is 9.06. The van der Waals surface area contributed by atoms with Crippen molar-refractivity contribution in [3.05, 3.63) is 149 Å². The zero-order valence-electron chi connectivity index (χ0n) is 27.6. The van der Waals surface area contributed by atoms with E-state index < -0.39 is 5.60 Å². The summed E-state index contributed by atoms with van der Waals surface area (Å²) >= 11 is 1.55. The molecule has 0 saturated heterocycles. The summed E-state index contributed by atoms with van der Waals surface area (Å²) in [6, 6.07) is 28.0. The Balaban J connectivity index is 1.24. The summed E-state index contributed by atoms with van der Waals surface area (Å²) in [7, 11) is 1.39. The van der Waals surface area contributed by atoms with Crippen molar-refractivity contribution in [2.75, 3.05) is 20.3 Å². The predicted molar refractivity (Wildman–Crippen MR) is 191 cm³/mol. The summed E-state index contributed by atoms with van der Waals surface area (Å²) in [4.78, 5) is 14.2. The smallest absolute Gasteiger partial charge is 0.339 e. The third-order valence-electron chi connectivity index (χ3n) is 7.95. The van der Waals surface area contributed by atoms with Gasteiger partial charge >= 0.3 is 5.97 Å². The van der Waals surface area contributed by atoms with Crippen LogP contribution in [0, 0.1) is 5.82 Å². The van der Waals surface area contributed by atoms with Crippen LogP contribution in [0.2, 0.25) is 0 Å². The van der Waals surface area contributed by atoms with Crippen LogP contribution in [0.15, 0.2) is 131 Å². The number of ether oxygens (including phenoxy) is 4. The number of halogens is 1. The summed E-state index contributed by atoms with van der Waals surface area (Å²) in [6.07, 6.45) is 12.3. The number of thioether (sulfide) groups is 1. The summed E-state index contributed by atoms with van der Waals surface area (Å²) in [5.41, 5.74) is 3.81. The van der Waals surface area contributed by atoms with E-state index in [2.05, 4.69) is 31.2 Å². The molecule has 0 aliphatic heterocycles. The number of allylic oxidation sites excluding steroid dienone is 3. The number of hydrogen-bond acceptors (Lipinski definition) is 6. The van der Waals surface area contributed by atoms with Crippen LogP contribution in [0.4, 0.5) is 4.39 Å². The Hall–Kier alpha value is -4.59. The Kier molecular flexibility index (Phi) is 12.3. The lowest BCUT2D eigenvalue weighted by Crippen LogP contribution is -2.30. The van der Waals surface area contributed by atoms with Crippen LogP contribution in [0.3, 0.4) is 0 Å². The number of aryl methyl sites for hydroxylation is 1. The van der Waals surface area contributed by atoms with Crippen LogP contribution in [0.1, 0.15) is 48.2 Å². The van der Waals surface area contributed by atoms with E-state index in [9.17, 15) is 9.18 Å². The van der Waals surface area contributed by atoms with E-state index in [4.69, 9.17) is 18.9 Å². The molecular weight excluding hydrogens is 624 g/mol. The van der Waals surface area contributed by atoms with Crippen LogP contribution in [-0.4, -0.2) is 31.9 Å². The minimum atomic E-state index is -0.601. The van der Waals surface area contributed by atoms with Crippen molar-refractivity contribution in [3.63, 3.8) is 0 Å². The highest BCUT2D eigenvalue weighted by Gasteiger charge is 2.29. The van der Waals surface area contributed by atoms with Crippen LogP contribution in [0.5, 0.6) is 11.5 Å². The number of carbonyl (C=O) groups is 1. The lowest BCUT2D eigenvalue weighted by Gasteiger charge is -2.31. The molecule has 5 nitrogen and oxygen atoms in total. The van der Waals surface area contributed by atoms with Gasteiger partial charge in [-0.2, -0.15) is 0 Å². The van der Waals surface area contributed by atoms with E-state index in [1.54, 1.807) is 30.0 Å². The quantitative estimate of drug-likeness (QED) is 0.0716. The first-order valence-electron chi connectivity index (χ1n) is 16.2. The lowest BCUT2D eigenvalue weighted by atomic mass is 9.94. The van der Waals surface area contributed by atoms with Crippen molar-refractivity contribution in [3.8, 4) is 22.6 Å². The second-order valence-corrected chi connectivity index (χ2v) is 12.5. The highest BCUT2D eigenvalue weighted by Crippen LogP contribution is 2.40. The van der Waals surface area contributed by atoms with Gasteiger partial charge in [0.2, 0.25) is 0 Å². The van der Waals surface area contributed by atoms with E-state index in [-0.39, 0.29) is 11.8 Å². The van der Waals surface area contributed by atoms with Crippen LogP contribution in [-0.2, 0) is 22.5 Å². The molecule has 0 N–H and O–H groups in total. The number of hydrogen-bond donors (Lipinski definition) is 0. The Bertz CT molecular complexity index is 1760. The molecule has 0 aromatic heterocycles. The zero-order valence-corrected chi connectivity index (χ0v) is 28.4. The first kappa shape index (κ1) is 34.7. The lowest BCUT2D eigenvalue weighted by molar-refractivity contribution is 0.0219. The highest BCUT2D eigenvalue weighted by atomic mass is 32.2. The van der Waals surface area contributed by atoms with Gasteiger partial charge < -0.3 is 18.9 Å². The summed E-state index contributed by atoms with van der Waals surface area (Å²) in [6.45, 7) is 5.42. The Morgan fingerprint density at radius 3 is 2.46 bits per heavy atom. The Morgan fingerprint density at radius 1 is 0.938 bits per heavy atom. The van der Waals surface area contributed by atoms with E-state index in [0.717, 1.165) is 44.2 Å². The second-order valence-electron chi connectivity index (χ2n) is 11.4. The molecule has 4 aromatic rings. The zero-order chi connectivity index (χ0) is 33.8. The van der Waals surface area contributed by atoms with Gasteiger partial charge in [0, 0.05) is 29.4 Å². The fourth-order valence-corrected chi connectivity index (χ4v) is 6.66. The Labute approximate surface area is 287 Å². The first-order chi connectivity index (χ1) is 23.4. The van der Waals surface area contributed by atoms with Crippen molar-refractivity contribution in [1.82, 2.24) is 0 Å². The molecule has 7 heteroatoms. The monoisotopic (exact) mass is 664 g/mol. The van der Waals surface area contributed by atoms with Gasteiger partial charge in [0.05, 0.1) is 25.9 Å². The SMILES string of the molecule is CC=CC1(OCCCOc2cc(OCc3ccccc3)c(-c3ccc(F)cc3)cc2CC)C=CC=C(Sc2ccccc2C(=O)OC)C1. The summed E-state index contributed by atoms with van der Waals surface area (Å²) in [5.74, 6) is 0.808. The molecule has 4 aromatic carbocycles. The molecule has 1 aliphatic rings. The normalized spacial score (nSPS) is 15.7. The minimum Gasteiger partial charge on any atom is -0.493 e. The van der Waals surface area contributed by atoms with Gasteiger partial charge in [0.15, 0.2) is 0 Å². The first-order valence-corrected chi connectivity index (χ1v) is 17.0. The molecular formula is C41H41FO5S. The minimum absolute atomic E-state index is 0.279. The molecule has 1 aliphatic carbocycles. The van der Waals surface area contributed by atoms with Gasteiger partial charge in [0.1, 0.15) is 29.5 Å². The molecule has 0 saturated carbocycles. The average molecular weight is 665 g/mol. The van der Waals surface area contributed by atoms with E-state index in [0.29, 0.717) is 44.0 Å². The maximum Gasteiger partial charge on any atom is 0.339 e. The molecule has 0 spiro atoms. The number of methoxy groups -OCH3 is 1. The summed E-state index contributed by atoms with van der Waals surface area (Å²) < 4.78 is 37.9. The second kappa shape index (κ2) is 17.0. The van der Waals surface area contributed by atoms with E-state index in [1.807, 2.05) is 73.7 Å². The highest BCUT2D eigenvalue weighted by molar-refractivity contribution is 8.03. The number of carbonyl (C=O) groups excluding carboxylic acids is 1. The maximum atomic E-state index is 13.7. The van der Waals surface area contributed by atoms with Crippen molar-refractivity contribution in [2.24, 2.45) is 0 Å². The fraction of sp³-hybridized carbons (Fsp3) is 0.244. The van der Waals surface area contributed by atoms with Crippen molar-refractivity contribution in [2.45, 2.75) is 50.2 Å². The number of esters is 1. The van der Waals surface area contributed by atoms with Crippen LogP contribution >= 0.6 is 11.8 Å². The predicted octanol–water partition coefficient (Wildman–Crippen LogP) is 10.2. The maximum absolute atomic E-state index is 13.7. The molecule has 248 valence electrons. The van der Waals surface area contributed by atoms with Crippen LogP contribution in [0.25, 0.3) is 11.1 Å². The van der Waals surface area contributed by atoms with Gasteiger partial charge in [-0.3, -0.25) is 0 Å². The largest absolute Gasteiger partial charge is 0.493 e. The van der Waals surface area contributed by atoms with Crippen molar-refractivity contribution < 1.29 is 28.1 Å². The molecule has 0 heterocycles. The number of benzene rings is 4. The standard InChI is InChI=1S/C41H41FO5S/c1-4-22-41(23-11-15-34(28-41)48-39-17-10-9-16-35(39)40(43)44-3)47-25-12-24-45-37-27-38(46-29-30-13-7-6-8-14-30)36(26-31(37)5-2)32-18-20-33(42)21-19-32/h4,6-11,13-23,26-27H,5,12,24-25,28-29H2,1-3H3. The fourth-order valence-electron chi connectivity index (χ4n) is 5.53. The number of rotatable bonds is 15. The van der Waals surface area contributed by atoms with Gasteiger partial charge in [-0.15, -0.1) is 0 Å². The molecule has 5 rings (SSSR count). The molecule has 0 bridgehead atoms. The molecule has 0 fully saturated rings. The molecule has 1 unspecified atom stereocenters. The Morgan fingerprint density at radius 2 is 1.71 bits per heavy atom. The van der Waals surface area contributed by atoms with Gasteiger partial charge in [0.25, 0.3) is 0 Å². The van der Waals surface area contributed by atoms with Gasteiger partial charge in [-0.25, -0.2) is 9.18 Å². The van der Waals surface area contributed by atoms with E-state index in [1.165, 1.54) is 19.2 Å². The average Bonchev–Trinajstić information content (AvgIpc) is 3.11. The van der Waals surface area contributed by atoms with Crippen molar-refractivity contribution >= 4 is 17.7 Å². The van der Waals surface area contributed by atoms with E-state index >= 15 is 0 Å². The molecule has 1 atom stereocenters. The van der Waals surface area contributed by atoms with Gasteiger partial charge in [-0.05, 0) is 71.3 Å². The summed E-state index contributed by atoms with van der Waals surface area (Å²) in [5, 5.41) is 0. The molecule has 48 heavy (non-hydrogen) atoms. The van der Waals surface area contributed by atoms with Gasteiger partial charge in [-0.1, -0.05) is 97.6 Å². The molecule has 0 radical (unpaired) electrons. The topological polar surface area (TPSA) is 54.0 Å².